The highest BCUT2D eigenvalue weighted by Crippen LogP contribution is 2.23. The van der Waals surface area contributed by atoms with Crippen molar-refractivity contribution in [2.45, 2.75) is 39.2 Å². The number of nitrogens with one attached hydrogen (secondary N) is 1. The van der Waals surface area contributed by atoms with Gasteiger partial charge in [0.05, 0.1) is 41.0 Å². The van der Waals surface area contributed by atoms with Crippen molar-refractivity contribution in [2.24, 2.45) is 0 Å². The van der Waals surface area contributed by atoms with Crippen LogP contribution in [0.4, 0.5) is 0 Å². The third kappa shape index (κ3) is 6.94. The molecule has 0 atom stereocenters. The Morgan fingerprint density at radius 2 is 1.84 bits per heavy atom. The summed E-state index contributed by atoms with van der Waals surface area (Å²) in [6.45, 7) is 5.30. The maximum absolute atomic E-state index is 13.7. The van der Waals surface area contributed by atoms with Crippen LogP contribution in [0.3, 0.4) is 0 Å². The topological polar surface area (TPSA) is 109 Å². The van der Waals surface area contributed by atoms with Crippen LogP contribution in [-0.2, 0) is 17.8 Å². The van der Waals surface area contributed by atoms with E-state index in [2.05, 4.69) is 24.5 Å². The largest absolute Gasteiger partial charge is 0.492 e. The van der Waals surface area contributed by atoms with Crippen molar-refractivity contribution >= 4 is 34.2 Å². The van der Waals surface area contributed by atoms with Crippen LogP contribution in [0.15, 0.2) is 66.6 Å². The Balaban J connectivity index is 1.22. The lowest BCUT2D eigenvalue weighted by molar-refractivity contribution is -0.130. The second kappa shape index (κ2) is 13.2. The van der Waals surface area contributed by atoms with Crippen LogP contribution in [0.2, 0.25) is 0 Å². The summed E-state index contributed by atoms with van der Waals surface area (Å²) in [6.07, 6.45) is 8.05. The summed E-state index contributed by atoms with van der Waals surface area (Å²) in [7, 11) is 0. The number of aryl methyl sites for hydroxylation is 2. The summed E-state index contributed by atoms with van der Waals surface area (Å²) in [5.74, 6) is 1.62. The fourth-order valence-electron chi connectivity index (χ4n) is 5.47. The third-order valence-electron chi connectivity index (χ3n) is 7.68. The zero-order valence-corrected chi connectivity index (χ0v) is 25.1. The average Bonchev–Trinajstić information content (AvgIpc) is 3.77. The first-order valence-corrected chi connectivity index (χ1v) is 15.6. The van der Waals surface area contributed by atoms with E-state index in [4.69, 9.17) is 4.74 Å². The van der Waals surface area contributed by atoms with Gasteiger partial charge >= 0.3 is 0 Å². The van der Waals surface area contributed by atoms with Gasteiger partial charge in [-0.25, -0.2) is 15.0 Å². The zero-order valence-electron chi connectivity index (χ0n) is 24.2. The Hall–Kier alpha value is -4.51. The maximum Gasteiger partial charge on any atom is 0.254 e. The molecule has 222 valence electrons. The summed E-state index contributed by atoms with van der Waals surface area (Å²) in [5, 5.41) is 2.93. The van der Waals surface area contributed by atoms with Gasteiger partial charge in [-0.15, -0.1) is 11.3 Å². The van der Waals surface area contributed by atoms with Crippen LogP contribution in [0.25, 0.3) is 22.4 Å². The molecule has 0 saturated carbocycles. The molecule has 6 rings (SSSR count). The number of amides is 2. The Kier molecular flexibility index (Phi) is 8.78. The first kappa shape index (κ1) is 28.6. The monoisotopic (exact) mass is 597 g/mol. The predicted octanol–water partition coefficient (Wildman–Crippen LogP) is 4.97. The highest BCUT2D eigenvalue weighted by atomic mass is 32.1. The predicted molar refractivity (Wildman–Crippen MR) is 166 cm³/mol. The van der Waals surface area contributed by atoms with E-state index in [-0.39, 0.29) is 11.8 Å². The molecule has 1 aliphatic rings. The number of hydrogen-bond donors (Lipinski definition) is 1. The SMILES string of the molecule is Cc1nc(CC(=O)N2CCCCN(C(=O)c3ccc4nc[nH]c4c3)CCOc3cccc(c3)-c3nccn3CCC2)cs1. The number of thiazole rings is 1. The van der Waals surface area contributed by atoms with E-state index in [9.17, 15) is 9.59 Å². The number of rotatable bonds is 3. The first-order valence-electron chi connectivity index (χ1n) is 14.7. The smallest absolute Gasteiger partial charge is 0.254 e. The van der Waals surface area contributed by atoms with Gasteiger partial charge in [-0.2, -0.15) is 0 Å². The molecule has 2 bridgehead atoms. The van der Waals surface area contributed by atoms with Crippen molar-refractivity contribution < 1.29 is 14.3 Å². The summed E-state index contributed by atoms with van der Waals surface area (Å²) in [5.41, 5.74) is 4.03. The van der Waals surface area contributed by atoms with Gasteiger partial charge in [0.1, 0.15) is 18.2 Å². The number of ether oxygens (including phenoxy) is 1. The average molecular weight is 598 g/mol. The van der Waals surface area contributed by atoms with E-state index in [1.54, 1.807) is 23.9 Å². The maximum atomic E-state index is 13.7. The molecule has 1 N–H and O–H groups in total. The lowest BCUT2D eigenvalue weighted by atomic mass is 10.1. The van der Waals surface area contributed by atoms with Gasteiger partial charge in [-0.1, -0.05) is 12.1 Å². The number of H-pyrrole nitrogens is 1. The Bertz CT molecular complexity index is 1710. The molecule has 10 nitrogen and oxygen atoms in total. The minimum atomic E-state index is -0.0550. The fourth-order valence-corrected chi connectivity index (χ4v) is 6.08. The number of carbonyl (C=O) groups excluding carboxylic acids is 2. The highest BCUT2D eigenvalue weighted by molar-refractivity contribution is 7.09. The molecule has 43 heavy (non-hydrogen) atoms. The molecule has 0 saturated heterocycles. The van der Waals surface area contributed by atoms with Crippen molar-refractivity contribution in [2.75, 3.05) is 32.8 Å². The quantitative estimate of drug-likeness (QED) is 0.315. The second-order valence-corrected chi connectivity index (χ2v) is 11.8. The lowest BCUT2D eigenvalue weighted by Crippen LogP contribution is -2.37. The van der Waals surface area contributed by atoms with Crippen molar-refractivity contribution in [3.05, 3.63) is 82.8 Å². The van der Waals surface area contributed by atoms with Gasteiger partial charge in [-0.05, 0) is 56.5 Å². The molecule has 0 fully saturated rings. The summed E-state index contributed by atoms with van der Waals surface area (Å²) >= 11 is 1.56. The minimum absolute atomic E-state index is 0.0550. The van der Waals surface area contributed by atoms with E-state index in [0.29, 0.717) is 44.8 Å². The lowest BCUT2D eigenvalue weighted by Gasteiger charge is -2.25. The summed E-state index contributed by atoms with van der Waals surface area (Å²) < 4.78 is 8.26. The van der Waals surface area contributed by atoms with Crippen LogP contribution in [0.1, 0.15) is 40.3 Å². The van der Waals surface area contributed by atoms with E-state index in [1.807, 2.05) is 70.8 Å². The van der Waals surface area contributed by atoms with Gasteiger partial charge in [0, 0.05) is 55.1 Å². The summed E-state index contributed by atoms with van der Waals surface area (Å²) in [4.78, 5) is 47.3. The second-order valence-electron chi connectivity index (χ2n) is 10.7. The Morgan fingerprint density at radius 1 is 0.977 bits per heavy atom. The Labute approximate surface area is 254 Å². The molecular formula is C32H35N7O3S. The van der Waals surface area contributed by atoms with Gasteiger partial charge in [0.25, 0.3) is 5.91 Å². The van der Waals surface area contributed by atoms with Crippen LogP contribution in [0.5, 0.6) is 5.75 Å². The minimum Gasteiger partial charge on any atom is -0.492 e. The normalized spacial score (nSPS) is 15.1. The molecule has 0 radical (unpaired) electrons. The molecule has 2 amide bonds. The number of benzene rings is 2. The van der Waals surface area contributed by atoms with Gasteiger partial charge in [0.2, 0.25) is 5.91 Å². The number of fused-ring (bicyclic) bond motifs is 5. The van der Waals surface area contributed by atoms with E-state index in [0.717, 1.165) is 64.7 Å². The van der Waals surface area contributed by atoms with E-state index >= 15 is 0 Å². The van der Waals surface area contributed by atoms with Crippen LogP contribution in [0, 0.1) is 6.92 Å². The van der Waals surface area contributed by atoms with Gasteiger partial charge in [-0.3, -0.25) is 9.59 Å². The first-order chi connectivity index (χ1) is 21.0. The van der Waals surface area contributed by atoms with Crippen LogP contribution < -0.4 is 4.74 Å². The number of carbonyl (C=O) groups is 2. The molecule has 3 aromatic heterocycles. The number of aromatic amines is 1. The van der Waals surface area contributed by atoms with Gasteiger partial charge < -0.3 is 24.1 Å². The molecule has 5 aromatic rings. The molecule has 0 spiro atoms. The molecule has 0 aliphatic carbocycles. The van der Waals surface area contributed by atoms with Gasteiger partial charge in [0.15, 0.2) is 0 Å². The zero-order chi connectivity index (χ0) is 29.6. The molecule has 11 heteroatoms. The molecular weight excluding hydrogens is 562 g/mol. The van der Waals surface area contributed by atoms with Crippen molar-refractivity contribution in [3.8, 4) is 17.1 Å². The van der Waals surface area contributed by atoms with E-state index in [1.165, 1.54) is 0 Å². The number of imidazole rings is 2. The molecule has 2 aromatic carbocycles. The van der Waals surface area contributed by atoms with Crippen molar-refractivity contribution in [1.29, 1.82) is 0 Å². The van der Waals surface area contributed by atoms with Crippen LogP contribution >= 0.6 is 11.3 Å². The molecule has 1 aliphatic heterocycles. The number of hydrogen-bond acceptors (Lipinski definition) is 7. The van der Waals surface area contributed by atoms with Crippen molar-refractivity contribution in [3.63, 3.8) is 0 Å². The molecule has 0 unspecified atom stereocenters. The van der Waals surface area contributed by atoms with Crippen LogP contribution in [-0.4, -0.2) is 78.9 Å². The highest BCUT2D eigenvalue weighted by Gasteiger charge is 2.19. The standard InChI is InChI=1S/C32H35N7O3S/c1-23-36-26(21-43-23)20-30(40)37-11-2-3-12-39(32(41)25-8-9-28-29(19-25)35-22-34-28)16-17-42-27-7-4-6-24(18-27)31-33-10-15-38(31)14-5-13-37/h4,6-10,15,18-19,21-22H,2-3,5,11-14,16-17,20H2,1H3,(H,34,35). The number of nitrogens with zero attached hydrogens (tertiary/aromatic N) is 6. The van der Waals surface area contributed by atoms with Crippen molar-refractivity contribution in [1.82, 2.24) is 34.3 Å². The third-order valence-corrected chi connectivity index (χ3v) is 8.50. The Morgan fingerprint density at radius 3 is 2.70 bits per heavy atom. The molecule has 4 heterocycles. The van der Waals surface area contributed by atoms with E-state index < -0.39 is 0 Å². The summed E-state index contributed by atoms with van der Waals surface area (Å²) in [6, 6.07) is 13.4. The fraction of sp³-hybridized carbons (Fsp3) is 0.344. The number of aromatic nitrogens is 5.